The van der Waals surface area contributed by atoms with Gasteiger partial charge in [-0.2, -0.15) is 0 Å². The van der Waals surface area contributed by atoms with Gasteiger partial charge in [0.1, 0.15) is 23.6 Å². The van der Waals surface area contributed by atoms with Crippen LogP contribution < -0.4 is 49.5 Å². The predicted octanol–water partition coefficient (Wildman–Crippen LogP) is -0.999. The van der Waals surface area contributed by atoms with Gasteiger partial charge in [-0.25, -0.2) is 0 Å². The average molecular weight is 816 g/mol. The Hall–Kier alpha value is -3.61. The first kappa shape index (κ1) is 50.5. The van der Waals surface area contributed by atoms with Gasteiger partial charge in [0.25, 0.3) is 0 Å². The van der Waals surface area contributed by atoms with Crippen LogP contribution in [0.3, 0.4) is 0 Å². The van der Waals surface area contributed by atoms with E-state index in [1.165, 1.54) is 12.1 Å². The highest BCUT2D eigenvalue weighted by molar-refractivity contribution is 5.94. The van der Waals surface area contributed by atoms with Crippen LogP contribution >= 0.6 is 49.6 Å². The Balaban J connectivity index is 0. The molecule has 2 aromatic rings. The van der Waals surface area contributed by atoms with Gasteiger partial charge in [-0.05, 0) is 78.7 Å². The van der Waals surface area contributed by atoms with Gasteiger partial charge < -0.3 is 59.7 Å². The van der Waals surface area contributed by atoms with Crippen LogP contribution in [0, 0.1) is 0 Å². The topological polar surface area (TPSA) is 290 Å². The molecule has 0 radical (unpaired) electrons. The molecule has 3 rings (SSSR count). The van der Waals surface area contributed by atoms with Crippen molar-refractivity contribution in [2.24, 2.45) is 22.9 Å². The van der Waals surface area contributed by atoms with Crippen LogP contribution in [0.1, 0.15) is 36.8 Å². The lowest BCUT2D eigenvalue weighted by atomic mass is 9.95. The number of hydrogen-bond donors (Lipinski definition) is 11. The molecule has 20 heteroatoms. The van der Waals surface area contributed by atoms with Gasteiger partial charge in [0.2, 0.25) is 29.5 Å². The van der Waals surface area contributed by atoms with Crippen LogP contribution in [0.4, 0.5) is 0 Å². The van der Waals surface area contributed by atoms with E-state index >= 15 is 0 Å². The van der Waals surface area contributed by atoms with Crippen molar-refractivity contribution in [3.63, 3.8) is 0 Å². The van der Waals surface area contributed by atoms with E-state index < -0.39 is 54.3 Å². The highest BCUT2D eigenvalue weighted by Crippen LogP contribution is 2.30. The number of rotatable bonds is 13. The van der Waals surface area contributed by atoms with E-state index in [9.17, 15) is 34.2 Å². The van der Waals surface area contributed by atoms with Crippen LogP contribution in [0.25, 0.3) is 11.1 Å². The molecule has 0 saturated heterocycles. The molecule has 1 aliphatic heterocycles. The van der Waals surface area contributed by atoms with E-state index in [-0.39, 0.29) is 99.4 Å². The molecular formula is C32H51Cl4N9O7. The minimum Gasteiger partial charge on any atom is -0.508 e. The lowest BCUT2D eigenvalue weighted by Crippen LogP contribution is -2.57. The number of aromatic hydroxyl groups is 2. The summed E-state index contributed by atoms with van der Waals surface area (Å²) < 4.78 is 0. The van der Waals surface area contributed by atoms with E-state index in [1.807, 2.05) is 0 Å². The molecule has 15 N–H and O–H groups in total. The zero-order valence-electron chi connectivity index (χ0n) is 28.4. The van der Waals surface area contributed by atoms with E-state index in [4.69, 9.17) is 22.9 Å². The molecule has 0 fully saturated rings. The second kappa shape index (κ2) is 25.4. The fourth-order valence-corrected chi connectivity index (χ4v) is 5.12. The summed E-state index contributed by atoms with van der Waals surface area (Å²) in [6, 6.07) is 5.36. The molecule has 0 aliphatic carbocycles. The Morgan fingerprint density at radius 1 is 0.788 bits per heavy atom. The number of amides is 5. The Morgan fingerprint density at radius 3 is 1.96 bits per heavy atom. The number of carbonyl (C=O) groups is 5. The van der Waals surface area contributed by atoms with Gasteiger partial charge in [0.15, 0.2) is 0 Å². The minimum atomic E-state index is -1.26. The number of nitrogens with two attached hydrogens (primary N) is 4. The molecule has 2 aromatic carbocycles. The number of phenolic OH excluding ortho intramolecular Hbond substituents is 2. The lowest BCUT2D eigenvalue weighted by Gasteiger charge is -2.24. The Labute approximate surface area is 327 Å². The summed E-state index contributed by atoms with van der Waals surface area (Å²) in [6.45, 7) is 0.625. The molecule has 5 amide bonds. The molecule has 0 aromatic heterocycles. The maximum absolute atomic E-state index is 13.5. The number of benzene rings is 2. The monoisotopic (exact) mass is 813 g/mol. The normalized spacial score (nSPS) is 17.3. The van der Waals surface area contributed by atoms with Gasteiger partial charge in [-0.1, -0.05) is 12.1 Å². The molecule has 0 saturated carbocycles. The fraction of sp³-hybridized carbons (Fsp3) is 0.469. The third-order valence-electron chi connectivity index (χ3n) is 7.87. The van der Waals surface area contributed by atoms with Crippen molar-refractivity contribution in [2.75, 3.05) is 32.7 Å². The first-order valence-electron chi connectivity index (χ1n) is 15.9. The van der Waals surface area contributed by atoms with Gasteiger partial charge in [0, 0.05) is 32.5 Å². The summed E-state index contributed by atoms with van der Waals surface area (Å²) in [4.78, 5) is 64.4. The maximum atomic E-state index is 13.5. The molecule has 0 spiro atoms. The van der Waals surface area contributed by atoms with Crippen LogP contribution in [0.2, 0.25) is 0 Å². The summed E-state index contributed by atoms with van der Waals surface area (Å²) in [5, 5.41) is 34.2. The second-order valence-electron chi connectivity index (χ2n) is 11.7. The largest absolute Gasteiger partial charge is 0.508 e. The second-order valence-corrected chi connectivity index (χ2v) is 11.7. The number of halogens is 4. The zero-order valence-corrected chi connectivity index (χ0v) is 31.7. The smallest absolute Gasteiger partial charge is 0.243 e. The van der Waals surface area contributed by atoms with Gasteiger partial charge in [0.05, 0.1) is 18.6 Å². The Bertz CT molecular complexity index is 1480. The maximum Gasteiger partial charge on any atom is 0.243 e. The summed E-state index contributed by atoms with van der Waals surface area (Å²) in [5.41, 5.74) is 25.1. The number of fused-ring (bicyclic) bond motifs is 5. The van der Waals surface area contributed by atoms with Crippen molar-refractivity contribution < 1.29 is 34.2 Å². The Kier molecular flexibility index (Phi) is 24.6. The summed E-state index contributed by atoms with van der Waals surface area (Å²) >= 11 is 0. The first-order chi connectivity index (χ1) is 22.9. The first-order valence-corrected chi connectivity index (χ1v) is 15.9. The summed E-state index contributed by atoms with van der Waals surface area (Å²) in [5.74, 6) is -3.07. The van der Waals surface area contributed by atoms with Crippen LogP contribution in [-0.2, 0) is 36.8 Å². The van der Waals surface area contributed by atoms with Crippen LogP contribution in [-0.4, -0.2) is 96.6 Å². The average Bonchev–Trinajstić information content (AvgIpc) is 3.07. The predicted molar refractivity (Wildman–Crippen MR) is 207 cm³/mol. The third-order valence-corrected chi connectivity index (χ3v) is 7.87. The SMILES string of the molecule is Cl.Cl.Cl.Cl.NCCC[C@@H]1NC(=O)[C@@H](N)Cc2cc(ccc2O)-c2ccc(O)c(c2)C[C@@H](C(=O)NCC(=O)NCCC[C@H](N)C(=O)NCCN)NC1=O. The van der Waals surface area contributed by atoms with E-state index in [0.29, 0.717) is 54.6 Å². The molecule has 4 atom stereocenters. The van der Waals surface area contributed by atoms with Crippen LogP contribution in [0.5, 0.6) is 11.5 Å². The van der Waals surface area contributed by atoms with E-state index in [0.717, 1.165) is 0 Å². The molecule has 1 aliphatic rings. The van der Waals surface area contributed by atoms with E-state index in [1.54, 1.807) is 24.3 Å². The van der Waals surface area contributed by atoms with Crippen molar-refractivity contribution in [1.29, 1.82) is 0 Å². The quantitative estimate of drug-likeness (QED) is 0.109. The number of carbonyl (C=O) groups excluding carboxylic acids is 5. The molecule has 16 nitrogen and oxygen atoms in total. The van der Waals surface area contributed by atoms with Gasteiger partial charge in [-0.15, -0.1) is 49.6 Å². The molecule has 4 bridgehead atoms. The number of nitrogens with one attached hydrogen (secondary N) is 5. The summed E-state index contributed by atoms with van der Waals surface area (Å²) in [7, 11) is 0. The minimum absolute atomic E-state index is 0. The molecule has 0 unspecified atom stereocenters. The molecule has 294 valence electrons. The van der Waals surface area contributed by atoms with Gasteiger partial charge in [-0.3, -0.25) is 24.0 Å². The van der Waals surface area contributed by atoms with Crippen molar-refractivity contribution in [2.45, 2.75) is 62.7 Å². The standard InChI is InChI=1S/C32H47N9O7.4ClH/c33-9-1-4-24-32(48)41-25(31(47)39-17-28(44)37-11-2-3-22(35)29(45)38-12-10-34)16-21-14-19(6-8-27(21)43)18-5-7-26(42)20(13-18)15-23(36)30(46)40-24;;;;/h5-8,13-14,22-25,42-43H,1-4,9-12,15-17,33-36H2,(H,37,44)(H,38,45)(H,39,47)(H,40,46)(H,41,48);4*1H/t22-,23-,24-,25-;;;;/m0..../s1. The molecular weight excluding hydrogens is 764 g/mol. The van der Waals surface area contributed by atoms with E-state index in [2.05, 4.69) is 26.6 Å². The summed E-state index contributed by atoms with van der Waals surface area (Å²) in [6.07, 6.45) is 1.07. The highest BCUT2D eigenvalue weighted by atomic mass is 35.5. The van der Waals surface area contributed by atoms with Crippen molar-refractivity contribution in [1.82, 2.24) is 26.6 Å². The highest BCUT2D eigenvalue weighted by Gasteiger charge is 2.30. The van der Waals surface area contributed by atoms with Crippen molar-refractivity contribution >= 4 is 79.2 Å². The molecule has 52 heavy (non-hydrogen) atoms. The fourth-order valence-electron chi connectivity index (χ4n) is 5.12. The molecule has 1 heterocycles. The van der Waals surface area contributed by atoms with Crippen LogP contribution in [0.15, 0.2) is 36.4 Å². The number of hydrogen-bond acceptors (Lipinski definition) is 11. The zero-order chi connectivity index (χ0) is 35.2. The Morgan fingerprint density at radius 2 is 1.38 bits per heavy atom. The van der Waals surface area contributed by atoms with Crippen molar-refractivity contribution in [3.8, 4) is 22.6 Å². The lowest BCUT2D eigenvalue weighted by molar-refractivity contribution is -0.133. The third kappa shape index (κ3) is 15.6. The van der Waals surface area contributed by atoms with Crippen molar-refractivity contribution in [3.05, 3.63) is 47.5 Å². The van der Waals surface area contributed by atoms with Gasteiger partial charge >= 0.3 is 0 Å². The number of phenols is 2.